The van der Waals surface area contributed by atoms with Crippen LogP contribution in [0.2, 0.25) is 10.0 Å². The lowest BCUT2D eigenvalue weighted by molar-refractivity contribution is 0.0586. The maximum Gasteiger partial charge on any atom is 0.358 e. The summed E-state index contributed by atoms with van der Waals surface area (Å²) >= 11 is 12.4. The number of ether oxygens (including phenoxy) is 2. The van der Waals surface area contributed by atoms with E-state index in [1.807, 2.05) is 53.1 Å². The maximum atomic E-state index is 12.9. The number of hydrogen-bond donors (Lipinski definition) is 0. The van der Waals surface area contributed by atoms with Crippen LogP contribution in [-0.4, -0.2) is 17.6 Å². The third kappa shape index (κ3) is 5.18. The molecule has 0 atom stereocenters. The number of esters is 1. The first kappa shape index (κ1) is 23.2. The molecule has 0 amide bonds. The summed E-state index contributed by atoms with van der Waals surface area (Å²) < 4.78 is 13.3. The lowest BCUT2D eigenvalue weighted by atomic mass is 10.1. The number of fused-ring (bicyclic) bond motifs is 1. The van der Waals surface area contributed by atoms with Gasteiger partial charge in [-0.3, -0.25) is 0 Å². The third-order valence-electron chi connectivity index (χ3n) is 5.57. The minimum Gasteiger partial charge on any atom is -0.464 e. The number of methoxy groups -OCH3 is 1. The number of aromatic nitrogens is 1. The van der Waals surface area contributed by atoms with Crippen LogP contribution < -0.4 is 4.74 Å². The molecule has 1 aromatic heterocycles. The van der Waals surface area contributed by atoms with E-state index in [1.165, 1.54) is 12.7 Å². The van der Waals surface area contributed by atoms with Crippen LogP contribution in [-0.2, 0) is 17.7 Å². The van der Waals surface area contributed by atoms with Crippen LogP contribution in [0.1, 0.15) is 41.4 Å². The molecule has 4 nitrogen and oxygen atoms in total. The summed E-state index contributed by atoms with van der Waals surface area (Å²) in [6.07, 6.45) is 3.32. The van der Waals surface area contributed by atoms with Gasteiger partial charge < -0.3 is 14.0 Å². The van der Waals surface area contributed by atoms with E-state index in [2.05, 4.69) is 19.1 Å². The average Bonchev–Trinajstić information content (AvgIpc) is 3.11. The van der Waals surface area contributed by atoms with E-state index in [1.54, 1.807) is 6.07 Å². The first-order valence-corrected chi connectivity index (χ1v) is 11.7. The summed E-state index contributed by atoms with van der Waals surface area (Å²) in [6, 6.07) is 21.0. The van der Waals surface area contributed by atoms with Gasteiger partial charge in [0.15, 0.2) is 11.4 Å². The van der Waals surface area contributed by atoms with Gasteiger partial charge in [0.2, 0.25) is 0 Å². The molecule has 0 aliphatic carbocycles. The molecule has 6 heteroatoms. The van der Waals surface area contributed by atoms with Gasteiger partial charge in [-0.2, -0.15) is 0 Å². The Hall–Kier alpha value is -2.95. The van der Waals surface area contributed by atoms with Crippen molar-refractivity contribution < 1.29 is 14.3 Å². The number of halogens is 2. The van der Waals surface area contributed by atoms with Crippen molar-refractivity contribution in [3.8, 4) is 11.5 Å². The van der Waals surface area contributed by atoms with Gasteiger partial charge in [-0.25, -0.2) is 4.79 Å². The minimum absolute atomic E-state index is 0.333. The normalized spacial score (nSPS) is 11.0. The van der Waals surface area contributed by atoms with Crippen LogP contribution in [0.5, 0.6) is 11.5 Å². The lowest BCUT2D eigenvalue weighted by Gasteiger charge is -2.12. The van der Waals surface area contributed by atoms with Crippen LogP contribution in [0.25, 0.3) is 10.9 Å². The summed E-state index contributed by atoms with van der Waals surface area (Å²) in [6.45, 7) is 2.62. The Morgan fingerprint density at radius 2 is 1.58 bits per heavy atom. The highest BCUT2D eigenvalue weighted by molar-refractivity contribution is 6.31. The van der Waals surface area contributed by atoms with Gasteiger partial charge in [0.05, 0.1) is 12.6 Å². The first-order valence-electron chi connectivity index (χ1n) is 10.9. The highest BCUT2D eigenvalue weighted by Gasteiger charge is 2.26. The molecule has 0 saturated heterocycles. The van der Waals surface area contributed by atoms with Gasteiger partial charge in [-0.15, -0.1) is 0 Å². The quantitative estimate of drug-likeness (QED) is 0.240. The number of nitrogens with zero attached hydrogens (tertiary/aromatic N) is 1. The predicted octanol–water partition coefficient (Wildman–Crippen LogP) is 7.92. The number of unbranched alkanes of at least 4 members (excludes halogenated alkanes) is 1. The number of aryl methyl sites for hydroxylation is 1. The summed E-state index contributed by atoms with van der Waals surface area (Å²) in [4.78, 5) is 12.9. The molecule has 33 heavy (non-hydrogen) atoms. The van der Waals surface area contributed by atoms with Crippen molar-refractivity contribution in [2.75, 3.05) is 7.11 Å². The van der Waals surface area contributed by atoms with Crippen LogP contribution >= 0.6 is 23.2 Å². The number of hydrogen-bond acceptors (Lipinski definition) is 3. The summed E-state index contributed by atoms with van der Waals surface area (Å²) in [5.74, 6) is 0.589. The molecule has 3 aromatic carbocycles. The van der Waals surface area contributed by atoms with Crippen molar-refractivity contribution in [3.05, 3.63) is 93.6 Å². The molecule has 170 valence electrons. The van der Waals surface area contributed by atoms with Gasteiger partial charge in [0, 0.05) is 22.0 Å². The molecule has 0 unspecified atom stereocenters. The highest BCUT2D eigenvalue weighted by atomic mass is 35.5. The van der Waals surface area contributed by atoms with Crippen LogP contribution in [0.3, 0.4) is 0 Å². The topological polar surface area (TPSA) is 40.5 Å². The lowest BCUT2D eigenvalue weighted by Crippen LogP contribution is -2.12. The maximum absolute atomic E-state index is 12.9. The van der Waals surface area contributed by atoms with Crippen LogP contribution in [0, 0.1) is 0 Å². The Morgan fingerprint density at radius 3 is 2.24 bits per heavy atom. The fourth-order valence-electron chi connectivity index (χ4n) is 3.86. The molecule has 1 heterocycles. The molecule has 0 saturated carbocycles. The first-order chi connectivity index (χ1) is 16.0. The molecule has 0 radical (unpaired) electrons. The molecule has 4 rings (SSSR count). The second-order valence-corrected chi connectivity index (χ2v) is 8.77. The summed E-state index contributed by atoms with van der Waals surface area (Å²) in [5, 5.41) is 1.96. The van der Waals surface area contributed by atoms with Gasteiger partial charge in [0.25, 0.3) is 0 Å². The van der Waals surface area contributed by atoms with E-state index >= 15 is 0 Å². The second kappa shape index (κ2) is 10.3. The van der Waals surface area contributed by atoms with Crippen molar-refractivity contribution >= 4 is 40.1 Å². The third-order valence-corrected chi connectivity index (χ3v) is 6.06. The van der Waals surface area contributed by atoms with E-state index in [4.69, 9.17) is 32.7 Å². The minimum atomic E-state index is -0.481. The molecule has 0 bridgehead atoms. The molecule has 0 aliphatic heterocycles. The zero-order chi connectivity index (χ0) is 23.4. The smallest absolute Gasteiger partial charge is 0.358 e. The van der Waals surface area contributed by atoms with E-state index in [9.17, 15) is 4.79 Å². The Morgan fingerprint density at radius 1 is 0.909 bits per heavy atom. The second-order valence-electron chi connectivity index (χ2n) is 7.89. The standard InChI is InChI=1S/C27H25Cl2NO3/c1-3-4-5-18-8-13-22(14-9-18)33-26-23-16-21(29)12-15-24(23)30(25(26)27(31)32-2)17-19-6-10-20(28)11-7-19/h6-16H,3-5,17H2,1-2H3. The van der Waals surface area contributed by atoms with Crippen molar-refractivity contribution in [2.45, 2.75) is 32.7 Å². The van der Waals surface area contributed by atoms with E-state index in [0.29, 0.717) is 33.8 Å². The number of carbonyl (C=O) groups is 1. The fourth-order valence-corrected chi connectivity index (χ4v) is 4.16. The average molecular weight is 482 g/mol. The van der Waals surface area contributed by atoms with E-state index in [-0.39, 0.29) is 0 Å². The van der Waals surface area contributed by atoms with Crippen LogP contribution in [0.4, 0.5) is 0 Å². The summed E-state index contributed by atoms with van der Waals surface area (Å²) in [7, 11) is 1.37. The largest absolute Gasteiger partial charge is 0.464 e. The molecule has 0 spiro atoms. The molecule has 0 fully saturated rings. The van der Waals surface area contributed by atoms with Crippen molar-refractivity contribution in [3.63, 3.8) is 0 Å². The predicted molar refractivity (Wildman–Crippen MR) is 134 cm³/mol. The van der Waals surface area contributed by atoms with Crippen LogP contribution in [0.15, 0.2) is 66.7 Å². The number of benzene rings is 3. The van der Waals surface area contributed by atoms with E-state index < -0.39 is 5.97 Å². The molecular weight excluding hydrogens is 457 g/mol. The van der Waals surface area contributed by atoms with Gasteiger partial charge >= 0.3 is 5.97 Å². The summed E-state index contributed by atoms with van der Waals surface area (Å²) in [5.41, 5.74) is 3.40. The van der Waals surface area contributed by atoms with Gasteiger partial charge in [-0.05, 0) is 66.4 Å². The van der Waals surface area contributed by atoms with E-state index in [0.717, 1.165) is 35.7 Å². The molecular formula is C27H25Cl2NO3. The van der Waals surface area contributed by atoms with Gasteiger partial charge in [-0.1, -0.05) is 60.8 Å². The number of rotatable bonds is 8. The molecule has 0 N–H and O–H groups in total. The fraction of sp³-hybridized carbons (Fsp3) is 0.222. The Kier molecular flexibility index (Phi) is 7.26. The highest BCUT2D eigenvalue weighted by Crippen LogP contribution is 2.39. The van der Waals surface area contributed by atoms with Crippen molar-refractivity contribution in [2.24, 2.45) is 0 Å². The SMILES string of the molecule is CCCCc1ccc(Oc2c(C(=O)OC)n(Cc3ccc(Cl)cc3)c3ccc(Cl)cc23)cc1. The zero-order valence-electron chi connectivity index (χ0n) is 18.6. The van der Waals surface area contributed by atoms with Crippen molar-refractivity contribution in [1.29, 1.82) is 0 Å². The Labute approximate surface area is 203 Å². The monoisotopic (exact) mass is 481 g/mol. The zero-order valence-corrected chi connectivity index (χ0v) is 20.1. The Bertz CT molecular complexity index is 1260. The van der Waals surface area contributed by atoms with Crippen molar-refractivity contribution in [1.82, 2.24) is 4.57 Å². The van der Waals surface area contributed by atoms with Gasteiger partial charge in [0.1, 0.15) is 5.75 Å². The molecule has 0 aliphatic rings. The Balaban J connectivity index is 1.81. The molecule has 4 aromatic rings. The number of carbonyl (C=O) groups excluding carboxylic acids is 1.